The van der Waals surface area contributed by atoms with E-state index in [0.29, 0.717) is 29.7 Å². The van der Waals surface area contributed by atoms with Gasteiger partial charge in [0.05, 0.1) is 16.2 Å². The molecule has 1 aliphatic rings. The predicted molar refractivity (Wildman–Crippen MR) is 138 cm³/mol. The van der Waals surface area contributed by atoms with E-state index in [1.54, 1.807) is 60.8 Å². The van der Waals surface area contributed by atoms with E-state index in [1.807, 2.05) is 29.2 Å². The molecule has 0 atom stereocenters. The molecule has 5 rings (SSSR count). The van der Waals surface area contributed by atoms with Crippen LogP contribution >= 0.6 is 0 Å². The number of phenols is 1. The third-order valence-corrected chi connectivity index (χ3v) is 8.18. The van der Waals surface area contributed by atoms with Crippen molar-refractivity contribution in [2.45, 2.75) is 17.2 Å². The molecule has 1 fully saturated rings. The van der Waals surface area contributed by atoms with Gasteiger partial charge in [-0.05, 0) is 47.5 Å². The van der Waals surface area contributed by atoms with Crippen molar-refractivity contribution in [3.63, 3.8) is 0 Å². The van der Waals surface area contributed by atoms with E-state index in [1.165, 1.54) is 0 Å². The van der Waals surface area contributed by atoms with E-state index in [0.717, 1.165) is 30.6 Å². The predicted octanol–water partition coefficient (Wildman–Crippen LogP) is 3.87. The van der Waals surface area contributed by atoms with Gasteiger partial charge >= 0.3 is 0 Å². The molecule has 1 saturated heterocycles. The maximum absolute atomic E-state index is 13.1. The van der Waals surface area contributed by atoms with Crippen molar-refractivity contribution in [2.75, 3.05) is 26.2 Å². The first kappa shape index (κ1) is 24.0. The number of para-hydroxylation sites is 1. The number of carbonyl (C=O) groups is 1. The number of hydrogen-bond acceptors (Lipinski definition) is 6. The molecule has 1 aromatic heterocycles. The number of nitrogens with zero attached hydrogens (tertiary/aromatic N) is 3. The Balaban J connectivity index is 1.21. The van der Waals surface area contributed by atoms with Gasteiger partial charge in [-0.2, -0.15) is 0 Å². The second-order valence-electron chi connectivity index (χ2n) is 9.03. The molecule has 36 heavy (non-hydrogen) atoms. The summed E-state index contributed by atoms with van der Waals surface area (Å²) < 4.78 is 26.3. The first-order chi connectivity index (χ1) is 17.4. The second-order valence-corrected chi connectivity index (χ2v) is 11.0. The number of benzene rings is 3. The van der Waals surface area contributed by atoms with E-state index in [4.69, 9.17) is 0 Å². The SMILES string of the molecule is O=C(c1ccc(CS(=O)(=O)c2cccc3cccnc23)cc1)N1CCN(Cc2cccc(O)c2)CC1. The largest absolute Gasteiger partial charge is 0.508 e. The van der Waals surface area contributed by atoms with Crippen LogP contribution in [0.4, 0.5) is 0 Å². The molecule has 2 heterocycles. The molecule has 3 aromatic carbocycles. The Bertz CT molecular complexity index is 1490. The quantitative estimate of drug-likeness (QED) is 0.431. The summed E-state index contributed by atoms with van der Waals surface area (Å²) >= 11 is 0. The van der Waals surface area contributed by atoms with Crippen molar-refractivity contribution in [1.82, 2.24) is 14.8 Å². The molecule has 0 unspecified atom stereocenters. The molecule has 0 radical (unpaired) electrons. The molecule has 4 aromatic rings. The highest BCUT2D eigenvalue weighted by atomic mass is 32.2. The maximum Gasteiger partial charge on any atom is 0.253 e. The summed E-state index contributed by atoms with van der Waals surface area (Å²) in [7, 11) is -3.61. The zero-order valence-corrected chi connectivity index (χ0v) is 20.6. The van der Waals surface area contributed by atoms with E-state index in [-0.39, 0.29) is 22.3 Å². The number of amides is 1. The number of sulfone groups is 1. The number of piperazine rings is 1. The fourth-order valence-corrected chi connectivity index (χ4v) is 6.11. The highest BCUT2D eigenvalue weighted by molar-refractivity contribution is 7.90. The summed E-state index contributed by atoms with van der Waals surface area (Å²) in [5, 5.41) is 10.4. The van der Waals surface area contributed by atoms with Gasteiger partial charge in [-0.15, -0.1) is 0 Å². The van der Waals surface area contributed by atoms with Crippen molar-refractivity contribution < 1.29 is 18.3 Å². The lowest BCUT2D eigenvalue weighted by Crippen LogP contribution is -2.48. The van der Waals surface area contributed by atoms with Crippen molar-refractivity contribution in [1.29, 1.82) is 0 Å². The second kappa shape index (κ2) is 10.1. The zero-order valence-electron chi connectivity index (χ0n) is 19.7. The molecule has 0 saturated carbocycles. The molecule has 8 heteroatoms. The van der Waals surface area contributed by atoms with Crippen LogP contribution in [-0.4, -0.2) is 60.4 Å². The zero-order chi connectivity index (χ0) is 25.1. The number of phenolic OH excluding ortho intramolecular Hbond substituents is 1. The molecular formula is C28H27N3O4S. The fourth-order valence-electron chi connectivity index (χ4n) is 4.57. The van der Waals surface area contributed by atoms with Crippen LogP contribution in [-0.2, 0) is 22.1 Å². The number of aromatic nitrogens is 1. The van der Waals surface area contributed by atoms with E-state index < -0.39 is 9.84 Å². The van der Waals surface area contributed by atoms with Crippen LogP contribution in [0.15, 0.2) is 90.0 Å². The van der Waals surface area contributed by atoms with Crippen molar-refractivity contribution >= 4 is 26.6 Å². The molecule has 0 aliphatic carbocycles. The number of rotatable bonds is 6. The van der Waals surface area contributed by atoms with Gasteiger partial charge in [-0.3, -0.25) is 14.7 Å². The molecular weight excluding hydrogens is 474 g/mol. The molecule has 1 N–H and O–H groups in total. The van der Waals surface area contributed by atoms with Gasteiger partial charge in [-0.1, -0.05) is 42.5 Å². The van der Waals surface area contributed by atoms with Gasteiger partial charge < -0.3 is 10.0 Å². The smallest absolute Gasteiger partial charge is 0.253 e. The lowest BCUT2D eigenvalue weighted by molar-refractivity contribution is 0.0628. The van der Waals surface area contributed by atoms with Crippen LogP contribution in [0.25, 0.3) is 10.9 Å². The Morgan fingerprint density at radius 1 is 0.861 bits per heavy atom. The first-order valence-corrected chi connectivity index (χ1v) is 13.5. The van der Waals surface area contributed by atoms with Crippen molar-refractivity contribution in [3.8, 4) is 5.75 Å². The minimum absolute atomic E-state index is 0.0559. The minimum Gasteiger partial charge on any atom is -0.508 e. The lowest BCUT2D eigenvalue weighted by Gasteiger charge is -2.34. The van der Waals surface area contributed by atoms with Gasteiger partial charge in [0.1, 0.15) is 5.75 Å². The standard InChI is InChI=1S/C28H27N3O4S/c32-25-7-1-4-22(18-25)19-30-14-16-31(17-15-30)28(33)24-11-9-21(10-12-24)20-36(34,35)26-8-2-5-23-6-3-13-29-27(23)26/h1-13,18,32H,14-17,19-20H2. The summed E-state index contributed by atoms with van der Waals surface area (Å²) in [5.41, 5.74) is 2.68. The molecule has 184 valence electrons. The van der Waals surface area contributed by atoms with Gasteiger partial charge in [-0.25, -0.2) is 8.42 Å². The van der Waals surface area contributed by atoms with Crippen LogP contribution < -0.4 is 0 Å². The monoisotopic (exact) mass is 501 g/mol. The first-order valence-electron chi connectivity index (χ1n) is 11.8. The summed E-state index contributed by atoms with van der Waals surface area (Å²) in [6.45, 7) is 3.45. The molecule has 0 bridgehead atoms. The normalized spacial score (nSPS) is 14.7. The number of aromatic hydroxyl groups is 1. The Morgan fingerprint density at radius 3 is 2.33 bits per heavy atom. The highest BCUT2D eigenvalue weighted by Crippen LogP contribution is 2.24. The van der Waals surface area contributed by atoms with Crippen LogP contribution in [0.3, 0.4) is 0 Å². The Morgan fingerprint density at radius 2 is 1.58 bits per heavy atom. The third-order valence-electron chi connectivity index (χ3n) is 6.46. The summed E-state index contributed by atoms with van der Waals surface area (Å²) in [6.07, 6.45) is 1.59. The van der Waals surface area contributed by atoms with Crippen LogP contribution in [0.2, 0.25) is 0 Å². The van der Waals surface area contributed by atoms with Crippen LogP contribution in [0.5, 0.6) is 5.75 Å². The number of carbonyl (C=O) groups excluding carboxylic acids is 1. The van der Waals surface area contributed by atoms with Gasteiger partial charge in [0, 0.05) is 49.9 Å². The number of fused-ring (bicyclic) bond motifs is 1. The third kappa shape index (κ3) is 5.24. The van der Waals surface area contributed by atoms with Gasteiger partial charge in [0.15, 0.2) is 9.84 Å². The summed E-state index contributed by atoms with van der Waals surface area (Å²) in [4.78, 5) is 21.6. The topological polar surface area (TPSA) is 90.8 Å². The van der Waals surface area contributed by atoms with E-state index in [2.05, 4.69) is 9.88 Å². The van der Waals surface area contributed by atoms with Gasteiger partial charge in [0.2, 0.25) is 0 Å². The van der Waals surface area contributed by atoms with E-state index in [9.17, 15) is 18.3 Å². The van der Waals surface area contributed by atoms with Crippen molar-refractivity contribution in [2.24, 2.45) is 0 Å². The maximum atomic E-state index is 13.1. The number of pyridine rings is 1. The Kier molecular flexibility index (Phi) is 6.71. The lowest BCUT2D eigenvalue weighted by atomic mass is 10.1. The molecule has 0 spiro atoms. The van der Waals surface area contributed by atoms with Crippen LogP contribution in [0.1, 0.15) is 21.5 Å². The van der Waals surface area contributed by atoms with Gasteiger partial charge in [0.25, 0.3) is 5.91 Å². The average Bonchev–Trinajstić information content (AvgIpc) is 2.89. The minimum atomic E-state index is -3.61. The molecule has 7 nitrogen and oxygen atoms in total. The summed E-state index contributed by atoms with van der Waals surface area (Å²) in [5.74, 6) is 0.0382. The Hall–Kier alpha value is -3.75. The van der Waals surface area contributed by atoms with Crippen molar-refractivity contribution in [3.05, 3.63) is 102 Å². The molecule has 1 aliphatic heterocycles. The average molecular weight is 502 g/mol. The number of hydrogen-bond donors (Lipinski definition) is 1. The van der Waals surface area contributed by atoms with Crippen LogP contribution in [0, 0.1) is 0 Å². The highest BCUT2D eigenvalue weighted by Gasteiger charge is 2.23. The Labute approximate surface area is 210 Å². The fraction of sp³-hybridized carbons (Fsp3) is 0.214. The molecule has 1 amide bonds. The van der Waals surface area contributed by atoms with E-state index >= 15 is 0 Å². The summed E-state index contributed by atoms with van der Waals surface area (Å²) in [6, 6.07) is 22.8.